The molecule has 0 unspecified atom stereocenters. The Hall–Kier alpha value is -2.09. The van der Waals surface area contributed by atoms with Crippen molar-refractivity contribution in [2.75, 3.05) is 26.2 Å². The number of rotatable bonds is 6. The summed E-state index contributed by atoms with van der Waals surface area (Å²) in [5.41, 5.74) is 1.39. The summed E-state index contributed by atoms with van der Waals surface area (Å²) in [6.45, 7) is 5.24. The van der Waals surface area contributed by atoms with Gasteiger partial charge < -0.3 is 0 Å². The van der Waals surface area contributed by atoms with Gasteiger partial charge in [-0.25, -0.2) is 4.68 Å². The van der Waals surface area contributed by atoms with Crippen LogP contribution in [0.2, 0.25) is 0 Å². The maximum absolute atomic E-state index is 4.53. The molecule has 5 rings (SSSR count). The van der Waals surface area contributed by atoms with Gasteiger partial charge in [0.1, 0.15) is 6.04 Å². The standard InChI is InChI=1S/C22H28N6S/c1-2-7-18(8-3-1)17-26-12-14-27(15-13-26)21(20-11-6-16-29-20)22-23-24-25-28(22)19-9-4-5-10-19/h1-3,6-8,11,16,19,21H,4-5,9-10,12-15,17H2/t21-/m1/s1. The van der Waals surface area contributed by atoms with E-state index < -0.39 is 0 Å². The molecule has 2 fully saturated rings. The highest BCUT2D eigenvalue weighted by atomic mass is 32.1. The fraction of sp³-hybridized carbons (Fsp3) is 0.500. The van der Waals surface area contributed by atoms with Crippen molar-refractivity contribution in [3.8, 4) is 0 Å². The maximum atomic E-state index is 4.53. The molecule has 0 spiro atoms. The number of hydrogen-bond acceptors (Lipinski definition) is 6. The third-order valence-electron chi connectivity index (χ3n) is 6.27. The predicted molar refractivity (Wildman–Crippen MR) is 115 cm³/mol. The summed E-state index contributed by atoms with van der Waals surface area (Å²) in [7, 11) is 0. The zero-order valence-electron chi connectivity index (χ0n) is 16.7. The lowest BCUT2D eigenvalue weighted by molar-refractivity contribution is 0.100. The van der Waals surface area contributed by atoms with Crippen LogP contribution in [0.25, 0.3) is 0 Å². The van der Waals surface area contributed by atoms with Gasteiger partial charge in [0, 0.05) is 37.6 Å². The predicted octanol–water partition coefficient (Wildman–Crippen LogP) is 3.76. The highest BCUT2D eigenvalue weighted by Gasteiger charge is 2.33. The molecule has 29 heavy (non-hydrogen) atoms. The summed E-state index contributed by atoms with van der Waals surface area (Å²) in [6, 6.07) is 15.8. The molecular formula is C22H28N6S. The van der Waals surface area contributed by atoms with Gasteiger partial charge in [-0.05, 0) is 40.3 Å². The molecule has 1 aromatic carbocycles. The Labute approximate surface area is 176 Å². The summed E-state index contributed by atoms with van der Waals surface area (Å²) in [5.74, 6) is 1.02. The van der Waals surface area contributed by atoms with Crippen molar-refractivity contribution in [1.29, 1.82) is 0 Å². The molecule has 3 heterocycles. The van der Waals surface area contributed by atoms with Crippen molar-refractivity contribution >= 4 is 11.3 Å². The van der Waals surface area contributed by atoms with Crippen molar-refractivity contribution in [1.82, 2.24) is 30.0 Å². The van der Waals surface area contributed by atoms with E-state index in [1.807, 2.05) is 11.3 Å². The van der Waals surface area contributed by atoms with Gasteiger partial charge in [0.15, 0.2) is 5.82 Å². The summed E-state index contributed by atoms with van der Waals surface area (Å²) < 4.78 is 2.13. The molecule has 0 amide bonds. The van der Waals surface area contributed by atoms with Crippen molar-refractivity contribution in [3.05, 3.63) is 64.1 Å². The Kier molecular flexibility index (Phi) is 5.69. The average molecular weight is 409 g/mol. The Morgan fingerprint density at radius 1 is 0.966 bits per heavy atom. The molecule has 1 aliphatic carbocycles. The minimum Gasteiger partial charge on any atom is -0.297 e. The van der Waals surface area contributed by atoms with Crippen LogP contribution < -0.4 is 0 Å². The molecule has 0 N–H and O–H groups in total. The third-order valence-corrected chi connectivity index (χ3v) is 7.19. The third kappa shape index (κ3) is 4.13. The van der Waals surface area contributed by atoms with Gasteiger partial charge in [0.2, 0.25) is 0 Å². The van der Waals surface area contributed by atoms with Gasteiger partial charge in [0.05, 0.1) is 6.04 Å². The van der Waals surface area contributed by atoms with Gasteiger partial charge in [0.25, 0.3) is 0 Å². The van der Waals surface area contributed by atoms with Crippen LogP contribution in [0.1, 0.15) is 54.0 Å². The number of aromatic nitrogens is 4. The number of tetrazole rings is 1. The number of nitrogens with zero attached hydrogens (tertiary/aromatic N) is 6. The van der Waals surface area contributed by atoms with E-state index in [1.54, 1.807) is 0 Å². The fourth-order valence-electron chi connectivity index (χ4n) is 4.73. The van der Waals surface area contributed by atoms with Gasteiger partial charge in [-0.3, -0.25) is 9.80 Å². The zero-order chi connectivity index (χ0) is 19.5. The lowest BCUT2D eigenvalue weighted by Crippen LogP contribution is -2.47. The van der Waals surface area contributed by atoms with Crippen LogP contribution >= 0.6 is 11.3 Å². The molecule has 1 aliphatic heterocycles. The summed E-state index contributed by atoms with van der Waals surface area (Å²) in [6.07, 6.45) is 4.96. The fourth-order valence-corrected chi connectivity index (χ4v) is 5.58. The minimum atomic E-state index is 0.157. The second kappa shape index (κ2) is 8.73. The molecular weight excluding hydrogens is 380 g/mol. The largest absolute Gasteiger partial charge is 0.297 e. The van der Waals surface area contributed by atoms with E-state index in [2.05, 4.69) is 77.9 Å². The minimum absolute atomic E-state index is 0.157. The van der Waals surface area contributed by atoms with Gasteiger partial charge in [-0.1, -0.05) is 49.2 Å². The van der Waals surface area contributed by atoms with Crippen LogP contribution in [-0.2, 0) is 6.54 Å². The average Bonchev–Trinajstić information content (AvgIpc) is 3.53. The lowest BCUT2D eigenvalue weighted by Gasteiger charge is -2.38. The smallest absolute Gasteiger partial charge is 0.174 e. The van der Waals surface area contributed by atoms with E-state index in [4.69, 9.17) is 0 Å². The van der Waals surface area contributed by atoms with Crippen molar-refractivity contribution < 1.29 is 0 Å². The molecule has 152 valence electrons. The van der Waals surface area contributed by atoms with E-state index in [9.17, 15) is 0 Å². The SMILES string of the molecule is c1ccc(CN2CCN([C@H](c3cccs3)c3nnnn3C3CCCC3)CC2)cc1. The molecule has 0 bridgehead atoms. The quantitative estimate of drug-likeness (QED) is 0.622. The molecule has 0 radical (unpaired) electrons. The Bertz CT molecular complexity index is 879. The normalized spacial score (nSPS) is 20.3. The Morgan fingerprint density at radius 3 is 2.48 bits per heavy atom. The number of piperazine rings is 1. The molecule has 7 heteroatoms. The highest BCUT2D eigenvalue weighted by molar-refractivity contribution is 7.10. The van der Waals surface area contributed by atoms with E-state index >= 15 is 0 Å². The Morgan fingerprint density at radius 2 is 1.76 bits per heavy atom. The maximum Gasteiger partial charge on any atom is 0.174 e. The van der Waals surface area contributed by atoms with Gasteiger partial charge in [-0.2, -0.15) is 0 Å². The van der Waals surface area contributed by atoms with Crippen LogP contribution in [0.3, 0.4) is 0 Å². The lowest BCUT2D eigenvalue weighted by atomic mass is 10.1. The summed E-state index contributed by atoms with van der Waals surface area (Å²) >= 11 is 1.81. The zero-order valence-corrected chi connectivity index (χ0v) is 17.5. The first-order valence-electron chi connectivity index (χ1n) is 10.7. The molecule has 1 atom stereocenters. The molecule has 6 nitrogen and oxygen atoms in total. The molecule has 2 aromatic heterocycles. The van der Waals surface area contributed by atoms with Crippen LogP contribution in [-0.4, -0.2) is 56.2 Å². The first-order chi connectivity index (χ1) is 14.4. The van der Waals surface area contributed by atoms with Crippen LogP contribution in [0.4, 0.5) is 0 Å². The summed E-state index contributed by atoms with van der Waals surface area (Å²) in [4.78, 5) is 6.47. The van der Waals surface area contributed by atoms with E-state index in [-0.39, 0.29) is 6.04 Å². The van der Waals surface area contributed by atoms with Crippen molar-refractivity contribution in [2.24, 2.45) is 0 Å². The Balaban J connectivity index is 1.34. The molecule has 1 saturated heterocycles. The monoisotopic (exact) mass is 408 g/mol. The number of thiophene rings is 1. The van der Waals surface area contributed by atoms with Crippen molar-refractivity contribution in [2.45, 2.75) is 44.3 Å². The molecule has 2 aliphatic rings. The first kappa shape index (κ1) is 18.9. The van der Waals surface area contributed by atoms with Gasteiger partial charge >= 0.3 is 0 Å². The van der Waals surface area contributed by atoms with Crippen LogP contribution in [0.15, 0.2) is 47.8 Å². The van der Waals surface area contributed by atoms with E-state index in [0.29, 0.717) is 6.04 Å². The van der Waals surface area contributed by atoms with E-state index in [0.717, 1.165) is 38.5 Å². The molecule has 3 aromatic rings. The van der Waals surface area contributed by atoms with E-state index in [1.165, 1.54) is 36.1 Å². The van der Waals surface area contributed by atoms with Gasteiger partial charge in [-0.15, -0.1) is 16.4 Å². The topological polar surface area (TPSA) is 50.1 Å². The first-order valence-corrected chi connectivity index (χ1v) is 11.6. The van der Waals surface area contributed by atoms with Crippen molar-refractivity contribution in [3.63, 3.8) is 0 Å². The highest BCUT2D eigenvalue weighted by Crippen LogP contribution is 2.35. The molecule has 1 saturated carbocycles. The second-order valence-corrected chi connectivity index (χ2v) is 9.11. The number of hydrogen-bond donors (Lipinski definition) is 0. The van der Waals surface area contributed by atoms with Crippen LogP contribution in [0, 0.1) is 0 Å². The second-order valence-electron chi connectivity index (χ2n) is 8.14. The summed E-state index contributed by atoms with van der Waals surface area (Å²) in [5, 5.41) is 15.2. The number of benzene rings is 1. The van der Waals surface area contributed by atoms with Crippen LogP contribution in [0.5, 0.6) is 0 Å².